The molecule has 0 aliphatic carbocycles. The van der Waals surface area contributed by atoms with Crippen molar-refractivity contribution in [2.75, 3.05) is 17.3 Å². The first-order valence-corrected chi connectivity index (χ1v) is 11.4. The fourth-order valence-corrected chi connectivity index (χ4v) is 3.92. The average Bonchev–Trinajstić information content (AvgIpc) is 3.20. The fourth-order valence-electron chi connectivity index (χ4n) is 2.68. The SMILES string of the molecule is CCCCc1ccc(-n2nnnc2SCC(=O)Nc2ccccc2SC)cc1. The van der Waals surface area contributed by atoms with Crippen molar-refractivity contribution in [1.29, 1.82) is 0 Å². The number of carbonyl (C=O) groups is 1. The number of hydrogen-bond acceptors (Lipinski definition) is 6. The van der Waals surface area contributed by atoms with Crippen LogP contribution in [-0.4, -0.2) is 38.1 Å². The molecule has 3 rings (SSSR count). The Bertz CT molecular complexity index is 911. The Morgan fingerprint density at radius 1 is 1.14 bits per heavy atom. The van der Waals surface area contributed by atoms with Gasteiger partial charge in [-0.15, -0.1) is 16.9 Å². The average molecular weight is 414 g/mol. The van der Waals surface area contributed by atoms with Crippen LogP contribution < -0.4 is 5.32 Å². The van der Waals surface area contributed by atoms with Crippen LogP contribution in [-0.2, 0) is 11.2 Å². The summed E-state index contributed by atoms with van der Waals surface area (Å²) < 4.78 is 1.66. The molecule has 0 fully saturated rings. The van der Waals surface area contributed by atoms with Crippen LogP contribution in [0.3, 0.4) is 0 Å². The van der Waals surface area contributed by atoms with E-state index in [1.165, 1.54) is 30.2 Å². The number of nitrogens with one attached hydrogen (secondary N) is 1. The minimum Gasteiger partial charge on any atom is -0.324 e. The molecule has 8 heteroatoms. The molecule has 0 bridgehead atoms. The van der Waals surface area contributed by atoms with Gasteiger partial charge in [-0.2, -0.15) is 4.68 Å². The molecule has 6 nitrogen and oxygen atoms in total. The molecule has 0 aliphatic heterocycles. The normalized spacial score (nSPS) is 10.8. The second-order valence-electron chi connectivity index (χ2n) is 6.18. The molecule has 0 radical (unpaired) electrons. The van der Waals surface area contributed by atoms with Gasteiger partial charge < -0.3 is 5.32 Å². The van der Waals surface area contributed by atoms with E-state index in [1.807, 2.05) is 42.7 Å². The van der Waals surface area contributed by atoms with Gasteiger partial charge in [0, 0.05) is 4.90 Å². The summed E-state index contributed by atoms with van der Waals surface area (Å²) in [4.78, 5) is 13.4. The van der Waals surface area contributed by atoms with Gasteiger partial charge >= 0.3 is 0 Å². The van der Waals surface area contributed by atoms with Gasteiger partial charge in [0.1, 0.15) is 0 Å². The van der Waals surface area contributed by atoms with E-state index in [0.717, 1.165) is 22.7 Å². The summed E-state index contributed by atoms with van der Waals surface area (Å²) in [6.45, 7) is 2.19. The number of rotatable bonds is 9. The van der Waals surface area contributed by atoms with E-state index in [2.05, 4.69) is 39.9 Å². The van der Waals surface area contributed by atoms with Gasteiger partial charge in [0.2, 0.25) is 11.1 Å². The number of thioether (sulfide) groups is 2. The molecule has 0 saturated heterocycles. The van der Waals surface area contributed by atoms with Crippen LogP contribution in [0.5, 0.6) is 0 Å². The van der Waals surface area contributed by atoms with Crippen LogP contribution in [0.25, 0.3) is 5.69 Å². The van der Waals surface area contributed by atoms with Crippen LogP contribution in [0.1, 0.15) is 25.3 Å². The number of amides is 1. The highest BCUT2D eigenvalue weighted by Gasteiger charge is 2.12. The first-order chi connectivity index (χ1) is 13.7. The summed E-state index contributed by atoms with van der Waals surface area (Å²) in [6.07, 6.45) is 5.42. The van der Waals surface area contributed by atoms with E-state index in [-0.39, 0.29) is 11.7 Å². The van der Waals surface area contributed by atoms with E-state index in [1.54, 1.807) is 16.4 Å². The maximum Gasteiger partial charge on any atom is 0.234 e. The van der Waals surface area contributed by atoms with Crippen LogP contribution in [0.4, 0.5) is 5.69 Å². The second kappa shape index (κ2) is 10.3. The lowest BCUT2D eigenvalue weighted by molar-refractivity contribution is -0.113. The molecule has 0 aliphatic rings. The largest absolute Gasteiger partial charge is 0.324 e. The molecule has 2 aromatic carbocycles. The number of aryl methyl sites for hydroxylation is 1. The van der Waals surface area contributed by atoms with Crippen molar-refractivity contribution in [1.82, 2.24) is 20.2 Å². The molecule has 0 unspecified atom stereocenters. The van der Waals surface area contributed by atoms with Crippen molar-refractivity contribution in [3.63, 3.8) is 0 Å². The van der Waals surface area contributed by atoms with E-state index in [9.17, 15) is 4.79 Å². The zero-order valence-corrected chi connectivity index (χ0v) is 17.6. The second-order valence-corrected chi connectivity index (χ2v) is 7.97. The highest BCUT2D eigenvalue weighted by molar-refractivity contribution is 7.99. The summed E-state index contributed by atoms with van der Waals surface area (Å²) in [5.74, 6) is 0.147. The molecular weight excluding hydrogens is 390 g/mol. The number of tetrazole rings is 1. The molecule has 1 heterocycles. The van der Waals surface area contributed by atoms with Crippen LogP contribution in [0, 0.1) is 0 Å². The topological polar surface area (TPSA) is 72.7 Å². The number of benzene rings is 2. The minimum atomic E-state index is -0.0871. The number of carbonyl (C=O) groups excluding carboxylic acids is 1. The van der Waals surface area contributed by atoms with Gasteiger partial charge in [-0.3, -0.25) is 4.79 Å². The van der Waals surface area contributed by atoms with Crippen LogP contribution in [0.2, 0.25) is 0 Å². The van der Waals surface area contributed by atoms with E-state index < -0.39 is 0 Å². The van der Waals surface area contributed by atoms with Crippen LogP contribution >= 0.6 is 23.5 Å². The summed E-state index contributed by atoms with van der Waals surface area (Å²) in [5.41, 5.74) is 3.02. The van der Waals surface area contributed by atoms with Gasteiger partial charge in [0.05, 0.1) is 17.1 Å². The predicted octanol–water partition coefficient (Wildman–Crippen LogP) is 4.46. The lowest BCUT2D eigenvalue weighted by Crippen LogP contribution is -2.15. The molecule has 1 amide bonds. The third-order valence-corrected chi connectivity index (χ3v) is 5.87. The molecule has 3 aromatic rings. The fraction of sp³-hybridized carbons (Fsp3) is 0.300. The smallest absolute Gasteiger partial charge is 0.234 e. The third kappa shape index (κ3) is 5.36. The maximum atomic E-state index is 12.3. The monoisotopic (exact) mass is 413 g/mol. The predicted molar refractivity (Wildman–Crippen MR) is 115 cm³/mol. The minimum absolute atomic E-state index is 0.0871. The van der Waals surface area contributed by atoms with Crippen molar-refractivity contribution in [2.45, 2.75) is 36.2 Å². The molecule has 1 aromatic heterocycles. The first-order valence-electron chi connectivity index (χ1n) is 9.14. The molecule has 0 atom stereocenters. The Morgan fingerprint density at radius 2 is 1.93 bits per heavy atom. The van der Waals surface area contributed by atoms with Crippen LogP contribution in [0.15, 0.2) is 58.6 Å². The number of para-hydroxylation sites is 1. The van der Waals surface area contributed by atoms with Crippen molar-refractivity contribution < 1.29 is 4.79 Å². The third-order valence-electron chi connectivity index (χ3n) is 4.15. The summed E-state index contributed by atoms with van der Waals surface area (Å²) >= 11 is 2.92. The van der Waals surface area contributed by atoms with Gasteiger partial charge in [0.25, 0.3) is 0 Å². The van der Waals surface area contributed by atoms with E-state index in [4.69, 9.17) is 0 Å². The lowest BCUT2D eigenvalue weighted by Gasteiger charge is -2.09. The molecule has 146 valence electrons. The van der Waals surface area contributed by atoms with Crippen molar-refractivity contribution >= 4 is 35.1 Å². The molecule has 0 spiro atoms. The van der Waals surface area contributed by atoms with Gasteiger partial charge in [-0.25, -0.2) is 0 Å². The first kappa shape index (κ1) is 20.4. The number of hydrogen-bond donors (Lipinski definition) is 1. The zero-order valence-electron chi connectivity index (χ0n) is 16.0. The maximum absolute atomic E-state index is 12.3. The van der Waals surface area contributed by atoms with Gasteiger partial charge in [0.15, 0.2) is 0 Å². The number of aromatic nitrogens is 4. The van der Waals surface area contributed by atoms with Gasteiger partial charge in [-0.05, 0) is 59.4 Å². The highest BCUT2D eigenvalue weighted by atomic mass is 32.2. The number of nitrogens with zero attached hydrogens (tertiary/aromatic N) is 4. The molecule has 0 saturated carbocycles. The van der Waals surface area contributed by atoms with Crippen molar-refractivity contribution in [3.8, 4) is 5.69 Å². The summed E-state index contributed by atoms with van der Waals surface area (Å²) in [5, 5.41) is 15.4. The molecule has 28 heavy (non-hydrogen) atoms. The highest BCUT2D eigenvalue weighted by Crippen LogP contribution is 2.25. The number of unbranched alkanes of at least 4 members (excludes halogenated alkanes) is 1. The lowest BCUT2D eigenvalue weighted by atomic mass is 10.1. The zero-order chi connectivity index (χ0) is 19.8. The standard InChI is InChI=1S/C20H23N5OS2/c1-3-4-7-15-10-12-16(13-11-15)25-20(22-23-24-25)28-14-19(26)21-17-8-5-6-9-18(17)27-2/h5-6,8-13H,3-4,7,14H2,1-2H3,(H,21,26). The van der Waals surface area contributed by atoms with Crippen molar-refractivity contribution in [3.05, 3.63) is 54.1 Å². The quantitative estimate of drug-likeness (QED) is 0.522. The molecular formula is C20H23N5OS2. The summed E-state index contributed by atoms with van der Waals surface area (Å²) in [7, 11) is 0. The Hall–Kier alpha value is -2.32. The van der Waals surface area contributed by atoms with Gasteiger partial charge in [-0.1, -0.05) is 49.4 Å². The van der Waals surface area contributed by atoms with Crippen molar-refractivity contribution in [2.24, 2.45) is 0 Å². The Labute approximate surface area is 173 Å². The Morgan fingerprint density at radius 3 is 2.68 bits per heavy atom. The number of anilines is 1. The Balaban J connectivity index is 1.62. The van der Waals surface area contributed by atoms with E-state index in [0.29, 0.717) is 5.16 Å². The van der Waals surface area contributed by atoms with E-state index >= 15 is 0 Å². The molecule has 1 N–H and O–H groups in total. The summed E-state index contributed by atoms with van der Waals surface area (Å²) in [6, 6.07) is 16.0. The Kier molecular flexibility index (Phi) is 7.50.